The number of halogens is 1. The Morgan fingerprint density at radius 3 is 2.40 bits per heavy atom. The minimum Gasteiger partial charge on any atom is -0.355 e. The number of amides is 1. The van der Waals surface area contributed by atoms with Gasteiger partial charge in [0.15, 0.2) is 0 Å². The van der Waals surface area contributed by atoms with Crippen LogP contribution < -0.4 is 5.32 Å². The van der Waals surface area contributed by atoms with E-state index >= 15 is 0 Å². The zero-order valence-electron chi connectivity index (χ0n) is 11.5. The van der Waals surface area contributed by atoms with Crippen LogP contribution in [0, 0.1) is 0 Å². The predicted octanol–water partition coefficient (Wildman–Crippen LogP) is 3.80. The van der Waals surface area contributed by atoms with Crippen molar-refractivity contribution in [2.75, 3.05) is 6.54 Å². The first-order valence-corrected chi connectivity index (χ1v) is 7.09. The van der Waals surface area contributed by atoms with Crippen molar-refractivity contribution in [3.8, 4) is 0 Å². The zero-order chi connectivity index (χ0) is 14.4. The fourth-order valence-electron chi connectivity index (χ4n) is 2.02. The number of hydrogen-bond acceptors (Lipinski definition) is 1. The summed E-state index contributed by atoms with van der Waals surface area (Å²) < 4.78 is 0. The van der Waals surface area contributed by atoms with Gasteiger partial charge in [0, 0.05) is 11.6 Å². The molecular weight excluding hydrogens is 270 g/mol. The maximum absolute atomic E-state index is 11.9. The van der Waals surface area contributed by atoms with E-state index in [1.54, 1.807) is 12.1 Å². The molecule has 2 nitrogen and oxygen atoms in total. The smallest absolute Gasteiger partial charge is 0.224 e. The molecule has 1 N–H and O–H groups in total. The van der Waals surface area contributed by atoms with Crippen molar-refractivity contribution in [2.24, 2.45) is 0 Å². The number of benzene rings is 2. The Bertz CT molecular complexity index is 551. The second-order valence-corrected chi connectivity index (χ2v) is 5.36. The zero-order valence-corrected chi connectivity index (χ0v) is 12.2. The molecule has 0 aliphatic rings. The van der Waals surface area contributed by atoms with Crippen molar-refractivity contribution in [3.05, 3.63) is 70.7 Å². The van der Waals surface area contributed by atoms with Crippen LogP contribution in [0.3, 0.4) is 0 Å². The van der Waals surface area contributed by atoms with E-state index in [0.717, 1.165) is 5.56 Å². The molecule has 20 heavy (non-hydrogen) atoms. The Kier molecular flexibility index (Phi) is 5.19. The lowest BCUT2D eigenvalue weighted by Gasteiger charge is -2.13. The van der Waals surface area contributed by atoms with Gasteiger partial charge in [-0.05, 0) is 29.2 Å². The molecular formula is C17H18ClNO. The van der Waals surface area contributed by atoms with Crippen molar-refractivity contribution >= 4 is 17.5 Å². The average molecular weight is 288 g/mol. The molecule has 0 radical (unpaired) electrons. The molecule has 0 bridgehead atoms. The topological polar surface area (TPSA) is 29.1 Å². The van der Waals surface area contributed by atoms with E-state index < -0.39 is 0 Å². The van der Waals surface area contributed by atoms with E-state index in [1.807, 2.05) is 30.3 Å². The lowest BCUT2D eigenvalue weighted by Crippen LogP contribution is -2.28. The molecule has 0 saturated carbocycles. The summed E-state index contributed by atoms with van der Waals surface area (Å²) >= 11 is 5.82. The molecule has 0 aliphatic carbocycles. The molecule has 1 amide bonds. The first kappa shape index (κ1) is 14.6. The third-order valence-corrected chi connectivity index (χ3v) is 3.50. The summed E-state index contributed by atoms with van der Waals surface area (Å²) in [5.74, 6) is 0.348. The highest BCUT2D eigenvalue weighted by Crippen LogP contribution is 2.13. The molecule has 0 aromatic heterocycles. The summed E-state index contributed by atoms with van der Waals surface area (Å²) in [5, 5.41) is 3.66. The minimum atomic E-state index is 0.0371. The van der Waals surface area contributed by atoms with E-state index in [0.29, 0.717) is 23.9 Å². The molecule has 0 spiro atoms. The van der Waals surface area contributed by atoms with E-state index in [4.69, 9.17) is 11.6 Å². The fraction of sp³-hybridized carbons (Fsp3) is 0.235. The summed E-state index contributed by atoms with van der Waals surface area (Å²) in [7, 11) is 0. The highest BCUT2D eigenvalue weighted by Gasteiger charge is 2.08. The summed E-state index contributed by atoms with van der Waals surface area (Å²) in [5.41, 5.74) is 2.21. The van der Waals surface area contributed by atoms with Crippen LogP contribution in [0.4, 0.5) is 0 Å². The molecule has 2 aromatic carbocycles. The van der Waals surface area contributed by atoms with Crippen LogP contribution in [0.1, 0.15) is 24.0 Å². The van der Waals surface area contributed by atoms with E-state index in [1.165, 1.54) is 5.56 Å². The van der Waals surface area contributed by atoms with Crippen LogP contribution in [-0.2, 0) is 11.2 Å². The van der Waals surface area contributed by atoms with Gasteiger partial charge in [0.05, 0.1) is 6.42 Å². The van der Waals surface area contributed by atoms with Gasteiger partial charge in [-0.3, -0.25) is 4.79 Å². The normalized spacial score (nSPS) is 11.9. The molecule has 1 atom stereocenters. The molecule has 1 unspecified atom stereocenters. The molecule has 0 fully saturated rings. The maximum atomic E-state index is 11.9. The average Bonchev–Trinajstić information content (AvgIpc) is 2.48. The van der Waals surface area contributed by atoms with Crippen LogP contribution in [0.2, 0.25) is 5.02 Å². The Balaban J connectivity index is 1.82. The van der Waals surface area contributed by atoms with E-state index in [9.17, 15) is 4.79 Å². The monoisotopic (exact) mass is 287 g/mol. The SMILES string of the molecule is CC(CNC(=O)Cc1ccc(Cl)cc1)c1ccccc1. The van der Waals surface area contributed by atoms with Crippen molar-refractivity contribution in [2.45, 2.75) is 19.3 Å². The van der Waals surface area contributed by atoms with E-state index in [-0.39, 0.29) is 5.91 Å². The van der Waals surface area contributed by atoms with Crippen LogP contribution in [-0.4, -0.2) is 12.5 Å². The summed E-state index contributed by atoms with van der Waals surface area (Å²) in [6, 6.07) is 17.5. The Morgan fingerprint density at radius 2 is 1.75 bits per heavy atom. The highest BCUT2D eigenvalue weighted by molar-refractivity contribution is 6.30. The number of carbonyl (C=O) groups excluding carboxylic acids is 1. The third-order valence-electron chi connectivity index (χ3n) is 3.25. The first-order chi connectivity index (χ1) is 9.65. The first-order valence-electron chi connectivity index (χ1n) is 6.71. The van der Waals surface area contributed by atoms with Gasteiger partial charge in [0.25, 0.3) is 0 Å². The van der Waals surface area contributed by atoms with Crippen LogP contribution >= 0.6 is 11.6 Å². The fourth-order valence-corrected chi connectivity index (χ4v) is 2.14. The second-order valence-electron chi connectivity index (χ2n) is 4.92. The summed E-state index contributed by atoms with van der Waals surface area (Å²) in [4.78, 5) is 11.9. The maximum Gasteiger partial charge on any atom is 0.224 e. The van der Waals surface area contributed by atoms with Gasteiger partial charge < -0.3 is 5.32 Å². The molecule has 2 rings (SSSR count). The number of rotatable bonds is 5. The molecule has 2 aromatic rings. The van der Waals surface area contributed by atoms with Crippen LogP contribution in [0.5, 0.6) is 0 Å². The highest BCUT2D eigenvalue weighted by atomic mass is 35.5. The molecule has 0 heterocycles. The van der Waals surface area contributed by atoms with Gasteiger partial charge in [-0.15, -0.1) is 0 Å². The van der Waals surface area contributed by atoms with Gasteiger partial charge >= 0.3 is 0 Å². The van der Waals surface area contributed by atoms with Gasteiger partial charge in [-0.1, -0.05) is 61.0 Å². The lowest BCUT2D eigenvalue weighted by molar-refractivity contribution is -0.120. The molecule has 3 heteroatoms. The van der Waals surface area contributed by atoms with Gasteiger partial charge in [-0.2, -0.15) is 0 Å². The quantitative estimate of drug-likeness (QED) is 0.890. The van der Waals surface area contributed by atoms with Crippen molar-refractivity contribution in [1.29, 1.82) is 0 Å². The molecule has 0 aliphatic heterocycles. The van der Waals surface area contributed by atoms with Gasteiger partial charge in [0.1, 0.15) is 0 Å². The summed E-state index contributed by atoms with van der Waals surface area (Å²) in [6.45, 7) is 2.76. The number of carbonyl (C=O) groups is 1. The largest absolute Gasteiger partial charge is 0.355 e. The number of nitrogens with one attached hydrogen (secondary N) is 1. The van der Waals surface area contributed by atoms with Crippen molar-refractivity contribution in [3.63, 3.8) is 0 Å². The minimum absolute atomic E-state index is 0.0371. The molecule has 0 saturated heterocycles. The third kappa shape index (κ3) is 4.39. The van der Waals surface area contributed by atoms with Gasteiger partial charge in [0.2, 0.25) is 5.91 Å². The van der Waals surface area contributed by atoms with Crippen LogP contribution in [0.25, 0.3) is 0 Å². The molecule has 104 valence electrons. The number of hydrogen-bond donors (Lipinski definition) is 1. The Morgan fingerprint density at radius 1 is 1.10 bits per heavy atom. The van der Waals surface area contributed by atoms with E-state index in [2.05, 4.69) is 24.4 Å². The standard InChI is InChI=1S/C17H18ClNO/c1-13(15-5-3-2-4-6-15)12-19-17(20)11-14-7-9-16(18)10-8-14/h2-10,13H,11-12H2,1H3,(H,19,20). The Labute approximate surface area is 124 Å². The van der Waals surface area contributed by atoms with Crippen molar-refractivity contribution in [1.82, 2.24) is 5.32 Å². The second kappa shape index (κ2) is 7.11. The predicted molar refractivity (Wildman–Crippen MR) is 83.0 cm³/mol. The van der Waals surface area contributed by atoms with Crippen LogP contribution in [0.15, 0.2) is 54.6 Å². The lowest BCUT2D eigenvalue weighted by atomic mass is 10.0. The Hall–Kier alpha value is -1.80. The summed E-state index contributed by atoms with van der Waals surface area (Å²) in [6.07, 6.45) is 0.388. The van der Waals surface area contributed by atoms with Gasteiger partial charge in [-0.25, -0.2) is 0 Å². The van der Waals surface area contributed by atoms with Crippen molar-refractivity contribution < 1.29 is 4.79 Å².